The molecule has 1 rings (SSSR count). The van der Waals surface area contributed by atoms with Crippen molar-refractivity contribution in [2.45, 2.75) is 19.3 Å². The van der Waals surface area contributed by atoms with Gasteiger partial charge in [-0.15, -0.1) is 0 Å². The molecule has 0 saturated heterocycles. The Morgan fingerprint density at radius 1 is 1.41 bits per heavy atom. The monoisotopic (exact) mass is 273 g/mol. The smallest absolute Gasteiger partial charge is 0.340 e. The number of halogens is 5. The Morgan fingerprint density at radius 2 is 2.00 bits per heavy atom. The number of aryl methyl sites for hydroxylation is 1. The summed E-state index contributed by atoms with van der Waals surface area (Å²) in [4.78, 5) is 7.05. The topological polar surface area (TPSA) is 61.0 Å². The van der Waals surface area contributed by atoms with Crippen molar-refractivity contribution in [2.24, 2.45) is 0 Å². The zero-order chi connectivity index (χ0) is 13.2. The summed E-state index contributed by atoms with van der Waals surface area (Å²) in [5, 5.41) is -0.271. The van der Waals surface area contributed by atoms with Crippen LogP contribution in [0.25, 0.3) is 0 Å². The summed E-state index contributed by atoms with van der Waals surface area (Å²) in [7, 11) is 0. The van der Waals surface area contributed by atoms with Crippen LogP contribution in [0.2, 0.25) is 5.28 Å². The summed E-state index contributed by atoms with van der Waals surface area (Å²) < 4.78 is 53.3. The Morgan fingerprint density at radius 3 is 2.53 bits per heavy atom. The van der Waals surface area contributed by atoms with Gasteiger partial charge in [0.15, 0.2) is 6.61 Å². The Kier molecular flexibility index (Phi) is 3.97. The lowest BCUT2D eigenvalue weighted by Crippen LogP contribution is -2.34. The zero-order valence-corrected chi connectivity index (χ0v) is 9.31. The second-order valence-electron chi connectivity index (χ2n) is 3.15. The second-order valence-corrected chi connectivity index (χ2v) is 3.49. The van der Waals surface area contributed by atoms with Crippen molar-refractivity contribution < 1.29 is 22.3 Å². The molecule has 0 spiro atoms. The van der Waals surface area contributed by atoms with Gasteiger partial charge in [-0.05, 0) is 18.5 Å². The molecule has 0 fully saturated rings. The first-order valence-electron chi connectivity index (χ1n) is 4.32. The molecule has 0 saturated carbocycles. The fourth-order valence-electron chi connectivity index (χ4n) is 0.860. The van der Waals surface area contributed by atoms with Gasteiger partial charge in [0.1, 0.15) is 5.69 Å². The number of ether oxygens (including phenoxy) is 1. The molecule has 17 heavy (non-hydrogen) atoms. The zero-order valence-electron chi connectivity index (χ0n) is 8.55. The van der Waals surface area contributed by atoms with Crippen LogP contribution in [0.5, 0.6) is 5.88 Å². The Hall–Kier alpha value is -1.31. The molecule has 96 valence electrons. The number of nitrogens with two attached hydrogens (primary N) is 1. The Balaban J connectivity index is 2.83. The third-order valence-electron chi connectivity index (χ3n) is 1.79. The summed E-state index contributed by atoms with van der Waals surface area (Å²) in [6, 6.07) is 0. The lowest BCUT2D eigenvalue weighted by atomic mass is 10.3. The molecule has 4 nitrogen and oxygen atoms in total. The van der Waals surface area contributed by atoms with E-state index in [1.807, 2.05) is 0 Å². The van der Waals surface area contributed by atoms with Gasteiger partial charge in [0, 0.05) is 0 Å². The number of alkyl halides is 4. The molecule has 1 heterocycles. The van der Waals surface area contributed by atoms with Crippen LogP contribution in [0.15, 0.2) is 0 Å². The number of nitrogen functional groups attached to an aromatic ring is 1. The maximum absolute atomic E-state index is 12.6. The molecular weight excluding hydrogens is 266 g/mol. The highest BCUT2D eigenvalue weighted by molar-refractivity contribution is 6.28. The van der Waals surface area contributed by atoms with Crippen molar-refractivity contribution in [1.82, 2.24) is 9.97 Å². The molecular formula is C8H8ClF4N3O. The van der Waals surface area contributed by atoms with Gasteiger partial charge in [0.25, 0.3) is 0 Å². The molecule has 0 aliphatic heterocycles. The standard InChI is InChI=1S/C8H8ClF4N3O/c1-3-4(14)5(16-7(9)15-3)17-2-8(12,13)6(10)11/h6H,2,14H2,1H3. The minimum atomic E-state index is -4.28. The minimum Gasteiger partial charge on any atom is -0.469 e. The van der Waals surface area contributed by atoms with Gasteiger partial charge in [0.2, 0.25) is 11.2 Å². The van der Waals surface area contributed by atoms with E-state index in [1.165, 1.54) is 6.92 Å². The SMILES string of the molecule is Cc1nc(Cl)nc(OCC(F)(F)C(F)F)c1N. The van der Waals surface area contributed by atoms with E-state index in [0.29, 0.717) is 0 Å². The fourth-order valence-corrected chi connectivity index (χ4v) is 1.06. The summed E-state index contributed by atoms with van der Waals surface area (Å²) >= 11 is 5.44. The van der Waals surface area contributed by atoms with Gasteiger partial charge in [0.05, 0.1) is 5.69 Å². The Labute approximate surface area is 98.7 Å². The number of aromatic nitrogens is 2. The summed E-state index contributed by atoms with van der Waals surface area (Å²) in [6.07, 6.45) is -3.83. The number of nitrogens with zero attached hydrogens (tertiary/aromatic N) is 2. The first-order valence-corrected chi connectivity index (χ1v) is 4.70. The Bertz CT molecular complexity index is 416. The molecule has 1 aromatic rings. The minimum absolute atomic E-state index is 0.125. The van der Waals surface area contributed by atoms with Gasteiger partial charge in [-0.25, -0.2) is 13.8 Å². The van der Waals surface area contributed by atoms with Crippen LogP contribution in [-0.4, -0.2) is 28.9 Å². The largest absolute Gasteiger partial charge is 0.469 e. The van der Waals surface area contributed by atoms with Gasteiger partial charge >= 0.3 is 12.3 Å². The third kappa shape index (κ3) is 3.32. The average molecular weight is 274 g/mol. The normalized spacial score (nSPS) is 11.9. The van der Waals surface area contributed by atoms with E-state index in [-0.39, 0.29) is 16.7 Å². The maximum Gasteiger partial charge on any atom is 0.340 e. The maximum atomic E-state index is 12.6. The molecule has 1 aromatic heterocycles. The van der Waals surface area contributed by atoms with Gasteiger partial charge in [-0.1, -0.05) is 0 Å². The number of anilines is 1. The number of rotatable bonds is 4. The van der Waals surface area contributed by atoms with E-state index in [0.717, 1.165) is 0 Å². The fraction of sp³-hybridized carbons (Fsp3) is 0.500. The molecule has 2 N–H and O–H groups in total. The molecule has 0 aliphatic carbocycles. The number of hydrogen-bond donors (Lipinski definition) is 1. The summed E-state index contributed by atoms with van der Waals surface area (Å²) in [5.41, 5.74) is 5.50. The third-order valence-corrected chi connectivity index (χ3v) is 1.96. The van der Waals surface area contributed by atoms with E-state index < -0.39 is 24.8 Å². The van der Waals surface area contributed by atoms with Crippen LogP contribution in [0, 0.1) is 6.92 Å². The first-order chi connectivity index (χ1) is 7.74. The lowest BCUT2D eigenvalue weighted by Gasteiger charge is -2.16. The van der Waals surface area contributed by atoms with Crippen molar-refractivity contribution in [3.8, 4) is 5.88 Å². The van der Waals surface area contributed by atoms with E-state index in [1.54, 1.807) is 0 Å². The van der Waals surface area contributed by atoms with E-state index in [9.17, 15) is 17.6 Å². The molecule has 0 aliphatic rings. The molecule has 0 atom stereocenters. The van der Waals surface area contributed by atoms with Gasteiger partial charge in [-0.3, -0.25) is 0 Å². The quantitative estimate of drug-likeness (QED) is 0.675. The highest BCUT2D eigenvalue weighted by Crippen LogP contribution is 2.27. The molecule has 0 bridgehead atoms. The van der Waals surface area contributed by atoms with Crippen molar-refractivity contribution in [1.29, 1.82) is 0 Å². The van der Waals surface area contributed by atoms with Crippen molar-refractivity contribution in [2.75, 3.05) is 12.3 Å². The van der Waals surface area contributed by atoms with Crippen LogP contribution in [0.4, 0.5) is 23.2 Å². The molecule has 0 unspecified atom stereocenters. The summed E-state index contributed by atoms with van der Waals surface area (Å²) in [5.74, 6) is -4.72. The van der Waals surface area contributed by atoms with Crippen LogP contribution < -0.4 is 10.5 Å². The number of hydrogen-bond acceptors (Lipinski definition) is 4. The van der Waals surface area contributed by atoms with Crippen molar-refractivity contribution >= 4 is 17.3 Å². The van der Waals surface area contributed by atoms with Crippen molar-refractivity contribution in [3.05, 3.63) is 11.0 Å². The predicted octanol–water partition coefficient (Wildman–Crippen LogP) is 2.30. The van der Waals surface area contributed by atoms with E-state index in [2.05, 4.69) is 14.7 Å². The van der Waals surface area contributed by atoms with Crippen LogP contribution in [0.3, 0.4) is 0 Å². The van der Waals surface area contributed by atoms with Crippen LogP contribution in [0.1, 0.15) is 5.69 Å². The van der Waals surface area contributed by atoms with Crippen LogP contribution in [-0.2, 0) is 0 Å². The molecule has 0 amide bonds. The van der Waals surface area contributed by atoms with E-state index >= 15 is 0 Å². The van der Waals surface area contributed by atoms with E-state index in [4.69, 9.17) is 17.3 Å². The summed E-state index contributed by atoms with van der Waals surface area (Å²) in [6.45, 7) is -0.0946. The van der Waals surface area contributed by atoms with Crippen molar-refractivity contribution in [3.63, 3.8) is 0 Å². The molecule has 9 heteroatoms. The highest BCUT2D eigenvalue weighted by Gasteiger charge is 2.42. The first kappa shape index (κ1) is 13.8. The highest BCUT2D eigenvalue weighted by atomic mass is 35.5. The molecule has 0 radical (unpaired) electrons. The van der Waals surface area contributed by atoms with Crippen LogP contribution >= 0.6 is 11.6 Å². The van der Waals surface area contributed by atoms with Gasteiger partial charge < -0.3 is 10.5 Å². The average Bonchev–Trinajstić information content (AvgIpc) is 2.21. The predicted molar refractivity (Wildman–Crippen MR) is 52.6 cm³/mol. The molecule has 0 aromatic carbocycles. The second kappa shape index (κ2) is 4.91. The lowest BCUT2D eigenvalue weighted by molar-refractivity contribution is -0.148. The van der Waals surface area contributed by atoms with Gasteiger partial charge in [-0.2, -0.15) is 13.8 Å².